The Kier molecular flexibility index (Phi) is 4.52. The van der Waals surface area contributed by atoms with Gasteiger partial charge in [-0.3, -0.25) is 9.88 Å². The summed E-state index contributed by atoms with van der Waals surface area (Å²) in [7, 11) is 3.99. The molecule has 5 nitrogen and oxygen atoms in total. The highest BCUT2D eigenvalue weighted by atomic mass is 16.5. The first-order chi connectivity index (χ1) is 8.70. The van der Waals surface area contributed by atoms with E-state index in [1.54, 1.807) is 0 Å². The van der Waals surface area contributed by atoms with Crippen molar-refractivity contribution in [3.05, 3.63) is 24.0 Å². The van der Waals surface area contributed by atoms with E-state index in [0.29, 0.717) is 13.2 Å². The van der Waals surface area contributed by atoms with E-state index < -0.39 is 0 Å². The molecule has 1 aliphatic heterocycles. The third kappa shape index (κ3) is 3.19. The number of hydrogen-bond donors (Lipinski definition) is 1. The lowest BCUT2D eigenvalue weighted by molar-refractivity contribution is -0.0357. The van der Waals surface area contributed by atoms with E-state index in [1.807, 2.05) is 31.3 Å². The van der Waals surface area contributed by atoms with Crippen molar-refractivity contribution in [1.29, 1.82) is 0 Å². The summed E-state index contributed by atoms with van der Waals surface area (Å²) < 4.78 is 5.74. The number of hydrogen-bond acceptors (Lipinski definition) is 5. The number of rotatable bonds is 4. The monoisotopic (exact) mass is 251 g/mol. The van der Waals surface area contributed by atoms with E-state index in [2.05, 4.69) is 16.0 Å². The van der Waals surface area contributed by atoms with Gasteiger partial charge in [0.05, 0.1) is 30.8 Å². The SMILES string of the molecule is CN(C)c1ccc(C2CN(CCO)CCO2)nc1. The van der Waals surface area contributed by atoms with E-state index >= 15 is 0 Å². The van der Waals surface area contributed by atoms with Crippen molar-refractivity contribution in [1.82, 2.24) is 9.88 Å². The number of nitrogens with zero attached hydrogens (tertiary/aromatic N) is 3. The predicted molar refractivity (Wildman–Crippen MR) is 70.8 cm³/mol. The van der Waals surface area contributed by atoms with Crippen LogP contribution in [0.25, 0.3) is 0 Å². The minimum Gasteiger partial charge on any atom is -0.395 e. The second-order valence-corrected chi connectivity index (χ2v) is 4.72. The fourth-order valence-electron chi connectivity index (χ4n) is 2.08. The highest BCUT2D eigenvalue weighted by Crippen LogP contribution is 2.21. The summed E-state index contributed by atoms with van der Waals surface area (Å²) >= 11 is 0. The first-order valence-electron chi connectivity index (χ1n) is 6.29. The van der Waals surface area contributed by atoms with Crippen LogP contribution in [-0.4, -0.2) is 61.9 Å². The van der Waals surface area contributed by atoms with Crippen molar-refractivity contribution < 1.29 is 9.84 Å². The minimum absolute atomic E-state index is 0.0153. The molecule has 5 heteroatoms. The molecule has 0 amide bonds. The Balaban J connectivity index is 2.02. The normalized spacial score (nSPS) is 20.9. The van der Waals surface area contributed by atoms with Gasteiger partial charge in [-0.15, -0.1) is 0 Å². The standard InChI is InChI=1S/C13H21N3O2/c1-15(2)11-3-4-12(14-9-11)13-10-16(5-7-17)6-8-18-13/h3-4,9,13,17H,5-8,10H2,1-2H3. The average molecular weight is 251 g/mol. The van der Waals surface area contributed by atoms with Crippen LogP contribution < -0.4 is 4.90 Å². The van der Waals surface area contributed by atoms with Crippen LogP contribution in [0.15, 0.2) is 18.3 Å². The number of pyridine rings is 1. The third-order valence-corrected chi connectivity index (χ3v) is 3.18. The average Bonchev–Trinajstić information content (AvgIpc) is 2.39. The van der Waals surface area contributed by atoms with Crippen molar-refractivity contribution in [2.45, 2.75) is 6.10 Å². The summed E-state index contributed by atoms with van der Waals surface area (Å²) in [5, 5.41) is 8.97. The number of aliphatic hydroxyl groups is 1. The smallest absolute Gasteiger partial charge is 0.112 e. The molecule has 1 N–H and O–H groups in total. The summed E-state index contributed by atoms with van der Waals surface area (Å²) in [4.78, 5) is 8.69. The van der Waals surface area contributed by atoms with E-state index in [9.17, 15) is 0 Å². The van der Waals surface area contributed by atoms with Gasteiger partial charge in [0.15, 0.2) is 0 Å². The fraction of sp³-hybridized carbons (Fsp3) is 0.615. The van der Waals surface area contributed by atoms with Crippen LogP contribution in [0, 0.1) is 0 Å². The largest absolute Gasteiger partial charge is 0.395 e. The molecule has 2 rings (SSSR count). The Morgan fingerprint density at radius 3 is 2.94 bits per heavy atom. The third-order valence-electron chi connectivity index (χ3n) is 3.18. The van der Waals surface area contributed by atoms with E-state index in [4.69, 9.17) is 9.84 Å². The molecule has 1 saturated heterocycles. The van der Waals surface area contributed by atoms with Gasteiger partial charge >= 0.3 is 0 Å². The van der Waals surface area contributed by atoms with Crippen molar-refractivity contribution in [3.63, 3.8) is 0 Å². The quantitative estimate of drug-likeness (QED) is 0.845. The first-order valence-corrected chi connectivity index (χ1v) is 6.29. The zero-order chi connectivity index (χ0) is 13.0. The molecule has 0 bridgehead atoms. The van der Waals surface area contributed by atoms with E-state index in [1.165, 1.54) is 0 Å². The molecule has 1 unspecified atom stereocenters. The molecule has 0 saturated carbocycles. The summed E-state index contributed by atoms with van der Waals surface area (Å²) in [5.74, 6) is 0. The van der Waals surface area contributed by atoms with Crippen LogP contribution in [0.1, 0.15) is 11.8 Å². The van der Waals surface area contributed by atoms with Gasteiger partial charge in [-0.2, -0.15) is 0 Å². The second-order valence-electron chi connectivity index (χ2n) is 4.72. The number of aliphatic hydroxyl groups excluding tert-OH is 1. The van der Waals surface area contributed by atoms with Gasteiger partial charge in [-0.1, -0.05) is 0 Å². The fourth-order valence-corrected chi connectivity index (χ4v) is 2.08. The van der Waals surface area contributed by atoms with Gasteiger partial charge in [-0.25, -0.2) is 0 Å². The zero-order valence-corrected chi connectivity index (χ0v) is 11.0. The molecule has 1 fully saturated rings. The van der Waals surface area contributed by atoms with Crippen LogP contribution in [0.3, 0.4) is 0 Å². The molecular weight excluding hydrogens is 230 g/mol. The molecule has 18 heavy (non-hydrogen) atoms. The number of β-amino-alcohol motifs (C(OH)–C–C–N with tert-alkyl or cyclic N) is 1. The molecular formula is C13H21N3O2. The number of aromatic nitrogens is 1. The molecule has 0 aliphatic carbocycles. The molecule has 2 heterocycles. The Bertz CT molecular complexity index is 365. The van der Waals surface area contributed by atoms with Gasteiger partial charge in [0.1, 0.15) is 6.10 Å². The van der Waals surface area contributed by atoms with Crippen molar-refractivity contribution in [2.24, 2.45) is 0 Å². The van der Waals surface area contributed by atoms with Crippen LogP contribution >= 0.6 is 0 Å². The van der Waals surface area contributed by atoms with Crippen molar-refractivity contribution in [3.8, 4) is 0 Å². The van der Waals surface area contributed by atoms with E-state index in [-0.39, 0.29) is 12.7 Å². The maximum absolute atomic E-state index is 8.97. The van der Waals surface area contributed by atoms with Gasteiger partial charge < -0.3 is 14.7 Å². The molecule has 0 aromatic carbocycles. The molecule has 1 aromatic heterocycles. The van der Waals surface area contributed by atoms with Gasteiger partial charge in [0, 0.05) is 33.7 Å². The highest BCUT2D eigenvalue weighted by molar-refractivity contribution is 5.42. The summed E-state index contributed by atoms with van der Waals surface area (Å²) in [6.07, 6.45) is 1.88. The molecule has 0 spiro atoms. The van der Waals surface area contributed by atoms with Crippen LogP contribution in [0.2, 0.25) is 0 Å². The van der Waals surface area contributed by atoms with Crippen LogP contribution in [0.5, 0.6) is 0 Å². The zero-order valence-electron chi connectivity index (χ0n) is 11.0. The predicted octanol–water partition coefficient (Wildman–Crippen LogP) is 0.513. The summed E-state index contributed by atoms with van der Waals surface area (Å²) in [6.45, 7) is 3.28. The lowest BCUT2D eigenvalue weighted by atomic mass is 10.2. The number of anilines is 1. The Morgan fingerprint density at radius 1 is 1.50 bits per heavy atom. The molecule has 0 radical (unpaired) electrons. The van der Waals surface area contributed by atoms with Gasteiger partial charge in [0.25, 0.3) is 0 Å². The maximum atomic E-state index is 8.97. The second kappa shape index (κ2) is 6.13. The lowest BCUT2D eigenvalue weighted by Crippen LogP contribution is -2.40. The van der Waals surface area contributed by atoms with Crippen LogP contribution in [-0.2, 0) is 4.74 Å². The molecule has 1 atom stereocenters. The summed E-state index contributed by atoms with van der Waals surface area (Å²) in [6, 6.07) is 4.07. The number of morpholine rings is 1. The molecule has 1 aromatic rings. The van der Waals surface area contributed by atoms with Crippen LogP contribution in [0.4, 0.5) is 5.69 Å². The number of ether oxygens (including phenoxy) is 1. The lowest BCUT2D eigenvalue weighted by Gasteiger charge is -2.32. The topological polar surface area (TPSA) is 48.8 Å². The Morgan fingerprint density at radius 2 is 2.33 bits per heavy atom. The first kappa shape index (κ1) is 13.3. The van der Waals surface area contributed by atoms with Gasteiger partial charge in [0.2, 0.25) is 0 Å². The summed E-state index contributed by atoms with van der Waals surface area (Å²) in [5.41, 5.74) is 2.05. The van der Waals surface area contributed by atoms with E-state index in [0.717, 1.165) is 24.5 Å². The Labute approximate surface area is 108 Å². The van der Waals surface area contributed by atoms with Gasteiger partial charge in [-0.05, 0) is 12.1 Å². The Hall–Kier alpha value is -1.17. The highest BCUT2D eigenvalue weighted by Gasteiger charge is 2.22. The van der Waals surface area contributed by atoms with Crippen molar-refractivity contribution >= 4 is 5.69 Å². The van der Waals surface area contributed by atoms with Crippen molar-refractivity contribution in [2.75, 3.05) is 51.8 Å². The maximum Gasteiger partial charge on any atom is 0.112 e. The minimum atomic E-state index is 0.0153. The molecule has 100 valence electrons. The molecule has 1 aliphatic rings.